The average Bonchev–Trinajstić information content (AvgIpc) is 3.83. The summed E-state index contributed by atoms with van der Waals surface area (Å²) < 4.78 is 9.80. The number of aromatic nitrogens is 2. The summed E-state index contributed by atoms with van der Waals surface area (Å²) in [5.41, 5.74) is 12.9. The molecule has 2 amide bonds. The number of rotatable bonds is 8. The number of aromatic carboxylic acids is 1. The minimum Gasteiger partial charge on any atom is -0.478 e. The third-order valence-corrected chi connectivity index (χ3v) is 18.4. The lowest BCUT2D eigenvalue weighted by Crippen LogP contribution is -2.44. The quantitative estimate of drug-likeness (QED) is 0.148. The SMILES string of the molecule is COC(=O)c1ccc2c(C3CCCCC3)c3n(c2c1)CCN(CC(=O)N1CCSCC1)c1ccccc1-3.Cl.O=C(O)c1ccc2c(C3CCCCC3)c3n(c2c1)CCN(CC(=O)N1CCSCC1)c1ccccc1-3. The van der Waals surface area contributed by atoms with E-state index in [-0.39, 0.29) is 30.2 Å². The minimum absolute atomic E-state index is 0. The molecule has 12 nitrogen and oxygen atoms in total. The lowest BCUT2D eigenvalue weighted by atomic mass is 9.81. The van der Waals surface area contributed by atoms with Gasteiger partial charge in [0.25, 0.3) is 0 Å². The van der Waals surface area contributed by atoms with E-state index in [9.17, 15) is 24.3 Å². The second kappa shape index (κ2) is 23.1. The zero-order valence-electron chi connectivity index (χ0n) is 42.6. The van der Waals surface area contributed by atoms with Crippen molar-refractivity contribution in [1.82, 2.24) is 18.9 Å². The molecule has 0 unspecified atom stereocenters. The van der Waals surface area contributed by atoms with Gasteiger partial charge in [-0.2, -0.15) is 23.5 Å². The van der Waals surface area contributed by atoms with Crippen LogP contribution in [0.3, 0.4) is 0 Å². The van der Waals surface area contributed by atoms with E-state index in [4.69, 9.17) is 4.74 Å². The molecule has 6 aliphatic rings. The molecule has 2 saturated heterocycles. The van der Waals surface area contributed by atoms with Crippen LogP contribution in [-0.2, 0) is 27.4 Å². The number of anilines is 2. The zero-order chi connectivity index (χ0) is 50.0. The number of benzene rings is 4. The van der Waals surface area contributed by atoms with Gasteiger partial charge in [-0.15, -0.1) is 12.4 Å². The second-order valence-electron chi connectivity index (χ2n) is 20.6. The van der Waals surface area contributed by atoms with Crippen molar-refractivity contribution >= 4 is 92.9 Å². The van der Waals surface area contributed by atoms with Crippen molar-refractivity contribution in [2.75, 3.05) is 92.3 Å². The fourth-order valence-corrected chi connectivity index (χ4v) is 14.7. The maximum atomic E-state index is 13.3. The maximum absolute atomic E-state index is 13.3. The molecule has 4 fully saturated rings. The van der Waals surface area contributed by atoms with Crippen LogP contribution in [0.4, 0.5) is 11.4 Å². The van der Waals surface area contributed by atoms with Crippen molar-refractivity contribution in [2.45, 2.75) is 89.1 Å². The molecule has 0 atom stereocenters. The Morgan fingerprint density at radius 1 is 0.541 bits per heavy atom. The van der Waals surface area contributed by atoms with Crippen molar-refractivity contribution < 1.29 is 29.0 Å². The Hall–Kier alpha value is -5.57. The van der Waals surface area contributed by atoms with E-state index in [1.165, 1.54) is 110 Å². The number of fused-ring (bicyclic) bond motifs is 10. The number of hydrogen-bond donors (Lipinski definition) is 1. The van der Waals surface area contributed by atoms with Gasteiger partial charge in [-0.05, 0) is 85.0 Å². The third kappa shape index (κ3) is 10.3. The number of para-hydroxylation sites is 2. The summed E-state index contributed by atoms with van der Waals surface area (Å²) in [5.74, 6) is 4.25. The Morgan fingerprint density at radius 2 is 0.959 bits per heavy atom. The molecule has 0 spiro atoms. The third-order valence-electron chi connectivity index (χ3n) is 16.5. The molecule has 6 aromatic rings. The second-order valence-corrected chi connectivity index (χ2v) is 23.1. The van der Waals surface area contributed by atoms with Crippen molar-refractivity contribution in [2.24, 2.45) is 0 Å². The van der Waals surface area contributed by atoms with Crippen molar-refractivity contribution in [3.05, 3.63) is 107 Å². The van der Waals surface area contributed by atoms with Crippen LogP contribution < -0.4 is 9.80 Å². The van der Waals surface area contributed by atoms with Crippen LogP contribution in [-0.4, -0.2) is 130 Å². The van der Waals surface area contributed by atoms with Crippen LogP contribution in [0.15, 0.2) is 84.9 Å². The number of esters is 1. The molecular formula is C59H69ClN6O6S2. The van der Waals surface area contributed by atoms with Crippen LogP contribution in [0.2, 0.25) is 0 Å². The van der Waals surface area contributed by atoms with Crippen molar-refractivity contribution in [3.8, 4) is 22.5 Å². The standard InChI is InChI=1S/C30H35N3O3S.C29H33N3O3S.ClH/c1-36-30(35)22-11-12-23-26(19-22)33-14-13-32(20-27(34)31-15-17-37-18-16-31)25-10-6-5-9-24(25)29(33)28(23)21-7-3-2-4-8-21;33-26(30-14-16-36-17-15-30)19-31-12-13-32-25-18-21(29(34)35)10-11-22(25)27(20-6-2-1-3-7-20)28(32)23-8-4-5-9-24(23)31;/h5-6,9-12,19,21H,2-4,7-8,13-18,20H2,1H3;4-5,8-11,18,20H,1-3,6-7,12-17,19H2,(H,34,35);1H. The summed E-state index contributed by atoms with van der Waals surface area (Å²) >= 11 is 3.84. The van der Waals surface area contributed by atoms with Crippen LogP contribution in [0, 0.1) is 0 Å². The summed E-state index contributed by atoms with van der Waals surface area (Å²) in [6, 6.07) is 28.7. The molecule has 12 rings (SSSR count). The number of carboxylic acid groups (broad SMARTS) is 1. The van der Waals surface area contributed by atoms with Gasteiger partial charge in [0.05, 0.1) is 42.7 Å². The first-order valence-electron chi connectivity index (χ1n) is 26.8. The molecule has 0 bridgehead atoms. The highest BCUT2D eigenvalue weighted by atomic mass is 35.5. The van der Waals surface area contributed by atoms with E-state index < -0.39 is 5.97 Å². The number of ether oxygens (including phenoxy) is 1. The normalized spacial score (nSPS) is 18.2. The molecule has 390 valence electrons. The van der Waals surface area contributed by atoms with E-state index in [0.717, 1.165) is 96.8 Å². The summed E-state index contributed by atoms with van der Waals surface area (Å²) in [5, 5.41) is 12.2. The molecule has 2 aliphatic carbocycles. The van der Waals surface area contributed by atoms with E-state index in [1.54, 1.807) is 6.07 Å². The maximum Gasteiger partial charge on any atom is 0.337 e. The molecule has 15 heteroatoms. The van der Waals surface area contributed by atoms with Crippen molar-refractivity contribution in [3.63, 3.8) is 0 Å². The average molecular weight is 1060 g/mol. The largest absolute Gasteiger partial charge is 0.478 e. The van der Waals surface area contributed by atoms with Gasteiger partial charge in [-0.1, -0.05) is 87.1 Å². The van der Waals surface area contributed by atoms with Crippen LogP contribution in [0.1, 0.15) is 108 Å². The lowest BCUT2D eigenvalue weighted by molar-refractivity contribution is -0.130. The first kappa shape index (κ1) is 51.9. The Labute approximate surface area is 449 Å². The Bertz CT molecular complexity index is 3040. The zero-order valence-corrected chi connectivity index (χ0v) is 45.1. The van der Waals surface area contributed by atoms with Gasteiger partial charge in [0, 0.05) is 120 Å². The molecule has 6 heterocycles. The fourth-order valence-electron chi connectivity index (χ4n) is 12.8. The Balaban J connectivity index is 0.000000167. The number of methoxy groups -OCH3 is 1. The topological polar surface area (TPSA) is 121 Å². The van der Waals surface area contributed by atoms with Gasteiger partial charge in [-0.3, -0.25) is 9.59 Å². The van der Waals surface area contributed by atoms with E-state index in [0.29, 0.717) is 42.6 Å². The van der Waals surface area contributed by atoms with E-state index in [2.05, 4.69) is 73.5 Å². The number of carbonyl (C=O) groups is 4. The fraction of sp³-hybridized carbons (Fsp3) is 0.458. The number of amides is 2. The predicted molar refractivity (Wildman–Crippen MR) is 304 cm³/mol. The highest BCUT2D eigenvalue weighted by molar-refractivity contribution is 7.99. The van der Waals surface area contributed by atoms with Gasteiger partial charge >= 0.3 is 11.9 Å². The predicted octanol–water partition coefficient (Wildman–Crippen LogP) is 11.4. The van der Waals surface area contributed by atoms with Crippen LogP contribution in [0.25, 0.3) is 44.3 Å². The van der Waals surface area contributed by atoms with E-state index >= 15 is 0 Å². The number of hydrogen-bond acceptors (Lipinski definition) is 9. The van der Waals surface area contributed by atoms with Gasteiger partial charge in [0.15, 0.2) is 0 Å². The molecule has 2 aromatic heterocycles. The van der Waals surface area contributed by atoms with Gasteiger partial charge < -0.3 is 38.6 Å². The lowest BCUT2D eigenvalue weighted by Gasteiger charge is -2.31. The van der Waals surface area contributed by atoms with Gasteiger partial charge in [0.1, 0.15) is 0 Å². The summed E-state index contributed by atoms with van der Waals surface area (Å²) in [7, 11) is 1.44. The van der Waals surface area contributed by atoms with Gasteiger partial charge in [-0.25, -0.2) is 9.59 Å². The summed E-state index contributed by atoms with van der Waals surface area (Å²) in [4.78, 5) is 59.4. The highest BCUT2D eigenvalue weighted by Crippen LogP contribution is 2.49. The molecule has 4 aliphatic heterocycles. The highest BCUT2D eigenvalue weighted by Gasteiger charge is 2.34. The first-order chi connectivity index (χ1) is 35.8. The molecule has 0 radical (unpaired) electrons. The molecule has 74 heavy (non-hydrogen) atoms. The van der Waals surface area contributed by atoms with Crippen LogP contribution >= 0.6 is 35.9 Å². The summed E-state index contributed by atoms with van der Waals surface area (Å²) in [6.45, 7) is 7.05. The number of halogens is 1. The molecular weight excluding hydrogens is 988 g/mol. The molecule has 4 aromatic carbocycles. The first-order valence-corrected chi connectivity index (χ1v) is 29.1. The minimum atomic E-state index is -0.896. The number of nitrogens with zero attached hydrogens (tertiary/aromatic N) is 6. The molecule has 1 N–H and O–H groups in total. The summed E-state index contributed by atoms with van der Waals surface area (Å²) in [6.07, 6.45) is 12.3. The van der Waals surface area contributed by atoms with Crippen LogP contribution in [0.5, 0.6) is 0 Å². The number of thioether (sulfide) groups is 2. The number of carbonyl (C=O) groups excluding carboxylic acids is 3. The number of carboxylic acids is 1. The molecule has 2 saturated carbocycles. The van der Waals surface area contributed by atoms with E-state index in [1.807, 2.05) is 57.6 Å². The Kier molecular flexibility index (Phi) is 16.2. The van der Waals surface area contributed by atoms with Gasteiger partial charge in [0.2, 0.25) is 11.8 Å². The van der Waals surface area contributed by atoms with Crippen molar-refractivity contribution in [1.29, 1.82) is 0 Å². The smallest absolute Gasteiger partial charge is 0.337 e. The monoisotopic (exact) mass is 1060 g/mol. The Morgan fingerprint density at radius 3 is 1.39 bits per heavy atom.